The fraction of sp³-hybridized carbons (Fsp3) is 0.700. The first kappa shape index (κ1) is 14.4. The molecule has 3 nitrogen and oxygen atoms in total. The van der Waals surface area contributed by atoms with Gasteiger partial charge in [-0.2, -0.15) is 13.2 Å². The van der Waals surface area contributed by atoms with E-state index >= 15 is 0 Å². The quantitative estimate of drug-likeness (QED) is 0.855. The van der Waals surface area contributed by atoms with Crippen molar-refractivity contribution >= 4 is 11.3 Å². The van der Waals surface area contributed by atoms with Crippen LogP contribution in [0.25, 0.3) is 0 Å². The predicted molar refractivity (Wildman–Crippen MR) is 62.0 cm³/mol. The number of thiazole rings is 1. The average Bonchev–Trinajstić information content (AvgIpc) is 2.68. The summed E-state index contributed by atoms with van der Waals surface area (Å²) in [6.07, 6.45) is -4.15. The van der Waals surface area contributed by atoms with Crippen molar-refractivity contribution in [1.82, 2.24) is 15.2 Å². The fourth-order valence-corrected chi connectivity index (χ4v) is 1.86. The van der Waals surface area contributed by atoms with Crippen molar-refractivity contribution in [2.75, 3.05) is 20.1 Å². The Morgan fingerprint density at radius 1 is 1.53 bits per heavy atom. The summed E-state index contributed by atoms with van der Waals surface area (Å²) in [5.74, 6) is 0. The molecule has 98 valence electrons. The van der Waals surface area contributed by atoms with Crippen LogP contribution in [0.2, 0.25) is 0 Å². The van der Waals surface area contributed by atoms with Gasteiger partial charge in [0, 0.05) is 24.5 Å². The molecule has 1 rings (SSSR count). The number of likely N-dealkylation sites (N-methyl/N-ethyl adjacent to an activating group) is 1. The number of rotatable bonds is 6. The number of alkyl halides is 3. The van der Waals surface area contributed by atoms with E-state index in [4.69, 9.17) is 0 Å². The van der Waals surface area contributed by atoms with E-state index < -0.39 is 12.7 Å². The first-order chi connectivity index (χ1) is 7.88. The molecule has 0 saturated heterocycles. The number of hydrogen-bond acceptors (Lipinski definition) is 4. The summed E-state index contributed by atoms with van der Waals surface area (Å²) >= 11 is 1.51. The van der Waals surface area contributed by atoms with Crippen molar-refractivity contribution in [3.63, 3.8) is 0 Å². The molecule has 1 unspecified atom stereocenters. The van der Waals surface area contributed by atoms with Crippen LogP contribution in [-0.2, 0) is 6.54 Å². The van der Waals surface area contributed by atoms with Crippen LogP contribution in [0.5, 0.6) is 0 Å². The maximum atomic E-state index is 11.9. The summed E-state index contributed by atoms with van der Waals surface area (Å²) in [5.41, 5.74) is 2.69. The lowest BCUT2D eigenvalue weighted by molar-refractivity contribution is -0.125. The Hall–Kier alpha value is -0.660. The molecule has 0 aliphatic heterocycles. The van der Waals surface area contributed by atoms with Gasteiger partial charge in [0.1, 0.15) is 0 Å². The SMILES string of the molecule is CC(CNCC(F)(F)F)N(C)Cc1cscn1. The molecule has 0 saturated carbocycles. The Morgan fingerprint density at radius 3 is 2.76 bits per heavy atom. The van der Waals surface area contributed by atoms with Crippen molar-refractivity contribution in [3.8, 4) is 0 Å². The molecule has 0 radical (unpaired) electrons. The number of hydrogen-bond donors (Lipinski definition) is 1. The number of aromatic nitrogens is 1. The first-order valence-electron chi connectivity index (χ1n) is 5.23. The third kappa shape index (κ3) is 5.99. The molecule has 0 spiro atoms. The molecule has 7 heteroatoms. The number of halogens is 3. The summed E-state index contributed by atoms with van der Waals surface area (Å²) in [7, 11) is 1.87. The highest BCUT2D eigenvalue weighted by atomic mass is 32.1. The number of nitrogens with zero attached hydrogens (tertiary/aromatic N) is 2. The van der Waals surface area contributed by atoms with Gasteiger partial charge in [-0.05, 0) is 14.0 Å². The second-order valence-electron chi connectivity index (χ2n) is 3.99. The summed E-state index contributed by atoms with van der Waals surface area (Å²) in [6.45, 7) is 1.90. The minimum Gasteiger partial charge on any atom is -0.307 e. The molecule has 1 atom stereocenters. The van der Waals surface area contributed by atoms with Crippen LogP contribution in [0.3, 0.4) is 0 Å². The van der Waals surface area contributed by atoms with E-state index in [1.54, 1.807) is 5.51 Å². The van der Waals surface area contributed by atoms with E-state index in [2.05, 4.69) is 10.3 Å². The van der Waals surface area contributed by atoms with Gasteiger partial charge in [-0.15, -0.1) is 11.3 Å². The minimum absolute atomic E-state index is 0.0269. The molecule has 0 bridgehead atoms. The van der Waals surface area contributed by atoms with E-state index in [0.29, 0.717) is 13.1 Å². The zero-order chi connectivity index (χ0) is 12.9. The molecule has 0 aliphatic carbocycles. The average molecular weight is 267 g/mol. The van der Waals surface area contributed by atoms with E-state index in [9.17, 15) is 13.2 Å². The highest BCUT2D eigenvalue weighted by molar-refractivity contribution is 7.07. The lowest BCUT2D eigenvalue weighted by atomic mass is 10.3. The third-order valence-corrected chi connectivity index (χ3v) is 3.05. The first-order valence-corrected chi connectivity index (χ1v) is 6.17. The second kappa shape index (κ2) is 6.32. The van der Waals surface area contributed by atoms with Gasteiger partial charge in [-0.3, -0.25) is 4.90 Å². The third-order valence-electron chi connectivity index (χ3n) is 2.41. The molecule has 0 aliphatic rings. The van der Waals surface area contributed by atoms with Gasteiger partial charge in [0.05, 0.1) is 17.7 Å². The molecule has 0 fully saturated rings. The van der Waals surface area contributed by atoms with E-state index in [0.717, 1.165) is 5.69 Å². The summed E-state index contributed by atoms with van der Waals surface area (Å²) in [5, 5.41) is 4.34. The van der Waals surface area contributed by atoms with Crippen molar-refractivity contribution in [1.29, 1.82) is 0 Å². The van der Waals surface area contributed by atoms with Gasteiger partial charge < -0.3 is 5.32 Å². The maximum Gasteiger partial charge on any atom is 0.401 e. The Labute approximate surface area is 103 Å². The predicted octanol–water partition coefficient (Wildman–Crippen LogP) is 2.12. The van der Waals surface area contributed by atoms with Crippen LogP contribution in [0.4, 0.5) is 13.2 Å². The minimum atomic E-state index is -4.15. The monoisotopic (exact) mass is 267 g/mol. The molecule has 0 amide bonds. The van der Waals surface area contributed by atoms with Crippen molar-refractivity contribution < 1.29 is 13.2 Å². The van der Waals surface area contributed by atoms with Gasteiger partial charge in [0.15, 0.2) is 0 Å². The van der Waals surface area contributed by atoms with Crippen LogP contribution in [0.15, 0.2) is 10.9 Å². The lowest BCUT2D eigenvalue weighted by Crippen LogP contribution is -2.40. The fourth-order valence-electron chi connectivity index (χ4n) is 1.31. The molecule has 1 N–H and O–H groups in total. The largest absolute Gasteiger partial charge is 0.401 e. The van der Waals surface area contributed by atoms with Crippen molar-refractivity contribution in [3.05, 3.63) is 16.6 Å². The Bertz CT molecular complexity index is 313. The summed E-state index contributed by atoms with van der Waals surface area (Å²) in [6, 6.07) is 0.0269. The second-order valence-corrected chi connectivity index (χ2v) is 4.71. The van der Waals surface area contributed by atoms with Crippen LogP contribution < -0.4 is 5.32 Å². The van der Waals surface area contributed by atoms with Gasteiger partial charge in [0.2, 0.25) is 0 Å². The molecule has 0 aromatic carbocycles. The van der Waals surface area contributed by atoms with E-state index in [1.807, 2.05) is 24.3 Å². The van der Waals surface area contributed by atoms with E-state index in [1.165, 1.54) is 11.3 Å². The van der Waals surface area contributed by atoms with Crippen LogP contribution in [0.1, 0.15) is 12.6 Å². The van der Waals surface area contributed by atoms with Crippen molar-refractivity contribution in [2.24, 2.45) is 0 Å². The maximum absolute atomic E-state index is 11.9. The topological polar surface area (TPSA) is 28.2 Å². The van der Waals surface area contributed by atoms with Crippen LogP contribution >= 0.6 is 11.3 Å². The molecule has 1 aromatic rings. The van der Waals surface area contributed by atoms with Gasteiger partial charge in [-0.1, -0.05) is 0 Å². The van der Waals surface area contributed by atoms with E-state index in [-0.39, 0.29) is 6.04 Å². The molecule has 1 heterocycles. The smallest absolute Gasteiger partial charge is 0.307 e. The summed E-state index contributed by atoms with van der Waals surface area (Å²) in [4.78, 5) is 6.11. The summed E-state index contributed by atoms with van der Waals surface area (Å²) < 4.78 is 35.8. The van der Waals surface area contributed by atoms with Crippen LogP contribution in [0, 0.1) is 0 Å². The Balaban J connectivity index is 2.25. The van der Waals surface area contributed by atoms with Crippen LogP contribution in [-0.4, -0.2) is 42.2 Å². The molecular formula is C10H16F3N3S. The van der Waals surface area contributed by atoms with Gasteiger partial charge >= 0.3 is 6.18 Å². The molecule has 17 heavy (non-hydrogen) atoms. The molecular weight excluding hydrogens is 251 g/mol. The molecule has 1 aromatic heterocycles. The standard InChI is InChI=1S/C10H16F3N3S/c1-8(3-14-6-10(11,12)13)16(2)4-9-5-17-7-15-9/h5,7-8,14H,3-4,6H2,1-2H3. The highest BCUT2D eigenvalue weighted by Gasteiger charge is 2.26. The zero-order valence-electron chi connectivity index (χ0n) is 9.79. The lowest BCUT2D eigenvalue weighted by Gasteiger charge is -2.24. The van der Waals surface area contributed by atoms with Gasteiger partial charge in [0.25, 0.3) is 0 Å². The number of nitrogens with one attached hydrogen (secondary N) is 1. The van der Waals surface area contributed by atoms with Gasteiger partial charge in [-0.25, -0.2) is 4.98 Å². The highest BCUT2D eigenvalue weighted by Crippen LogP contribution is 2.12. The normalized spacial score (nSPS) is 14.2. The zero-order valence-corrected chi connectivity index (χ0v) is 10.6. The Kier molecular flexibility index (Phi) is 5.35. The van der Waals surface area contributed by atoms with Crippen molar-refractivity contribution in [2.45, 2.75) is 25.7 Å². The Morgan fingerprint density at radius 2 is 2.24 bits per heavy atom.